The van der Waals surface area contributed by atoms with Crippen LogP contribution in [0.25, 0.3) is 0 Å². The minimum absolute atomic E-state index is 0.165. The van der Waals surface area contributed by atoms with Crippen LogP contribution in [0.2, 0.25) is 0 Å². The van der Waals surface area contributed by atoms with Crippen LogP contribution in [0.4, 0.5) is 0 Å². The van der Waals surface area contributed by atoms with Crippen LogP contribution in [-0.4, -0.2) is 37.7 Å². The molecule has 1 aliphatic heterocycles. The van der Waals surface area contributed by atoms with E-state index in [1.807, 2.05) is 0 Å². The highest BCUT2D eigenvalue weighted by molar-refractivity contribution is 5.75. The van der Waals surface area contributed by atoms with Crippen molar-refractivity contribution in [2.24, 2.45) is 0 Å². The van der Waals surface area contributed by atoms with E-state index in [-0.39, 0.29) is 5.91 Å². The fourth-order valence-electron chi connectivity index (χ4n) is 2.87. The van der Waals surface area contributed by atoms with Crippen molar-refractivity contribution in [3.8, 4) is 0 Å². The largest absolute Gasteiger partial charge is 0.376 e. The second-order valence-corrected chi connectivity index (χ2v) is 5.46. The summed E-state index contributed by atoms with van der Waals surface area (Å²) in [4.78, 5) is 11.6. The highest BCUT2D eigenvalue weighted by atomic mass is 16.5. The van der Waals surface area contributed by atoms with Gasteiger partial charge in [-0.25, -0.2) is 0 Å². The SMILES string of the molecule is O=C(CCC1CCCN1)NCCOC1CCCC1. The average molecular weight is 254 g/mol. The lowest BCUT2D eigenvalue weighted by Gasteiger charge is -2.12. The Labute approximate surface area is 110 Å². The summed E-state index contributed by atoms with van der Waals surface area (Å²) in [6.45, 7) is 2.44. The first kappa shape index (κ1) is 13.8. The molecule has 1 unspecified atom stereocenters. The molecular formula is C14H26N2O2. The Morgan fingerprint density at radius 1 is 1.22 bits per heavy atom. The second-order valence-electron chi connectivity index (χ2n) is 5.46. The first-order valence-electron chi connectivity index (χ1n) is 7.46. The molecule has 18 heavy (non-hydrogen) atoms. The highest BCUT2D eigenvalue weighted by Gasteiger charge is 2.16. The van der Waals surface area contributed by atoms with Crippen LogP contribution in [0.5, 0.6) is 0 Å². The van der Waals surface area contributed by atoms with Crippen LogP contribution in [0.3, 0.4) is 0 Å². The number of ether oxygens (including phenoxy) is 1. The molecule has 0 aromatic rings. The quantitative estimate of drug-likeness (QED) is 0.678. The first-order valence-corrected chi connectivity index (χ1v) is 7.46. The van der Waals surface area contributed by atoms with Crippen LogP contribution in [0.15, 0.2) is 0 Å². The number of carbonyl (C=O) groups is 1. The molecular weight excluding hydrogens is 228 g/mol. The van der Waals surface area contributed by atoms with E-state index in [4.69, 9.17) is 4.74 Å². The number of rotatable bonds is 7. The van der Waals surface area contributed by atoms with E-state index in [1.54, 1.807) is 0 Å². The minimum atomic E-state index is 0.165. The first-order chi connectivity index (χ1) is 8.84. The van der Waals surface area contributed by atoms with Gasteiger partial charge in [-0.2, -0.15) is 0 Å². The van der Waals surface area contributed by atoms with Gasteiger partial charge in [-0.15, -0.1) is 0 Å². The molecule has 4 nitrogen and oxygen atoms in total. The number of nitrogens with one attached hydrogen (secondary N) is 2. The maximum atomic E-state index is 11.6. The third kappa shape index (κ3) is 4.94. The Morgan fingerprint density at radius 3 is 2.78 bits per heavy atom. The summed E-state index contributed by atoms with van der Waals surface area (Å²) in [6, 6.07) is 0.561. The molecule has 1 aliphatic carbocycles. The molecule has 1 saturated carbocycles. The van der Waals surface area contributed by atoms with E-state index in [0.29, 0.717) is 31.7 Å². The highest BCUT2D eigenvalue weighted by Crippen LogP contribution is 2.20. The molecule has 0 spiro atoms. The summed E-state index contributed by atoms with van der Waals surface area (Å²) in [6.07, 6.45) is 9.51. The zero-order chi connectivity index (χ0) is 12.6. The summed E-state index contributed by atoms with van der Waals surface area (Å²) in [7, 11) is 0. The monoisotopic (exact) mass is 254 g/mol. The molecule has 2 aliphatic rings. The van der Waals surface area contributed by atoms with E-state index in [2.05, 4.69) is 10.6 Å². The van der Waals surface area contributed by atoms with Gasteiger partial charge >= 0.3 is 0 Å². The molecule has 1 amide bonds. The van der Waals surface area contributed by atoms with Gasteiger partial charge in [-0.05, 0) is 38.6 Å². The Balaban J connectivity index is 1.44. The molecule has 2 N–H and O–H groups in total. The van der Waals surface area contributed by atoms with Crippen LogP contribution in [0.1, 0.15) is 51.4 Å². The van der Waals surface area contributed by atoms with E-state index < -0.39 is 0 Å². The summed E-state index contributed by atoms with van der Waals surface area (Å²) in [5.74, 6) is 0.165. The number of hydrogen-bond acceptors (Lipinski definition) is 3. The van der Waals surface area contributed by atoms with E-state index in [0.717, 1.165) is 13.0 Å². The van der Waals surface area contributed by atoms with Crippen LogP contribution < -0.4 is 10.6 Å². The average Bonchev–Trinajstić information content (AvgIpc) is 3.04. The molecule has 2 rings (SSSR count). The lowest BCUT2D eigenvalue weighted by atomic mass is 10.1. The standard InChI is InChI=1S/C14H26N2O2/c17-14(8-7-12-4-3-9-15-12)16-10-11-18-13-5-1-2-6-13/h12-13,15H,1-11H2,(H,16,17). The van der Waals surface area contributed by atoms with Crippen molar-refractivity contribution in [1.29, 1.82) is 0 Å². The van der Waals surface area contributed by atoms with Crippen molar-refractivity contribution < 1.29 is 9.53 Å². The molecule has 0 aromatic heterocycles. The van der Waals surface area contributed by atoms with Crippen molar-refractivity contribution in [1.82, 2.24) is 10.6 Å². The maximum Gasteiger partial charge on any atom is 0.220 e. The van der Waals surface area contributed by atoms with Gasteiger partial charge in [0.1, 0.15) is 0 Å². The van der Waals surface area contributed by atoms with Crippen molar-refractivity contribution in [2.75, 3.05) is 19.7 Å². The predicted octanol–water partition coefficient (Wildman–Crippen LogP) is 1.59. The summed E-state index contributed by atoms with van der Waals surface area (Å²) < 4.78 is 5.70. The van der Waals surface area contributed by atoms with Crippen molar-refractivity contribution in [2.45, 2.75) is 63.5 Å². The molecule has 2 fully saturated rings. The molecule has 0 aromatic carbocycles. The third-order valence-electron chi connectivity index (χ3n) is 3.96. The summed E-state index contributed by atoms with van der Waals surface area (Å²) >= 11 is 0. The van der Waals surface area contributed by atoms with Gasteiger partial charge in [-0.3, -0.25) is 4.79 Å². The smallest absolute Gasteiger partial charge is 0.220 e. The zero-order valence-corrected chi connectivity index (χ0v) is 11.2. The minimum Gasteiger partial charge on any atom is -0.376 e. The van der Waals surface area contributed by atoms with E-state index in [1.165, 1.54) is 38.5 Å². The van der Waals surface area contributed by atoms with Gasteiger partial charge < -0.3 is 15.4 Å². The molecule has 104 valence electrons. The number of amides is 1. The Kier molecular flexibility index (Phi) is 5.94. The van der Waals surface area contributed by atoms with Crippen molar-refractivity contribution in [3.05, 3.63) is 0 Å². The summed E-state index contributed by atoms with van der Waals surface area (Å²) in [5.41, 5.74) is 0. The van der Waals surface area contributed by atoms with Gasteiger partial charge in [0.2, 0.25) is 5.91 Å². The molecule has 4 heteroatoms. The third-order valence-corrected chi connectivity index (χ3v) is 3.96. The van der Waals surface area contributed by atoms with Gasteiger partial charge in [0.25, 0.3) is 0 Å². The van der Waals surface area contributed by atoms with E-state index >= 15 is 0 Å². The van der Waals surface area contributed by atoms with Gasteiger partial charge in [0.05, 0.1) is 12.7 Å². The fourth-order valence-corrected chi connectivity index (χ4v) is 2.87. The molecule has 1 atom stereocenters. The van der Waals surface area contributed by atoms with Gasteiger partial charge in [-0.1, -0.05) is 12.8 Å². The fraction of sp³-hybridized carbons (Fsp3) is 0.929. The number of carbonyl (C=O) groups excluding carboxylic acids is 1. The molecule has 1 saturated heterocycles. The van der Waals surface area contributed by atoms with Crippen LogP contribution in [-0.2, 0) is 9.53 Å². The predicted molar refractivity (Wildman–Crippen MR) is 71.5 cm³/mol. The lowest BCUT2D eigenvalue weighted by molar-refractivity contribution is -0.121. The van der Waals surface area contributed by atoms with Crippen LogP contribution >= 0.6 is 0 Å². The summed E-state index contributed by atoms with van der Waals surface area (Å²) in [5, 5.41) is 6.35. The lowest BCUT2D eigenvalue weighted by Crippen LogP contribution is -2.30. The maximum absolute atomic E-state index is 11.6. The Morgan fingerprint density at radius 2 is 2.06 bits per heavy atom. The molecule has 0 bridgehead atoms. The number of hydrogen-bond donors (Lipinski definition) is 2. The Bertz CT molecular complexity index is 246. The molecule has 0 radical (unpaired) electrons. The van der Waals surface area contributed by atoms with Gasteiger partial charge in [0, 0.05) is 19.0 Å². The van der Waals surface area contributed by atoms with Crippen molar-refractivity contribution >= 4 is 5.91 Å². The normalized spacial score (nSPS) is 24.6. The topological polar surface area (TPSA) is 50.4 Å². The van der Waals surface area contributed by atoms with Crippen LogP contribution in [0, 0.1) is 0 Å². The van der Waals surface area contributed by atoms with Crippen molar-refractivity contribution in [3.63, 3.8) is 0 Å². The van der Waals surface area contributed by atoms with E-state index in [9.17, 15) is 4.79 Å². The zero-order valence-electron chi connectivity index (χ0n) is 11.2. The Hall–Kier alpha value is -0.610. The van der Waals surface area contributed by atoms with Gasteiger partial charge in [0.15, 0.2) is 0 Å². The second kappa shape index (κ2) is 7.74. The molecule has 1 heterocycles.